The highest BCUT2D eigenvalue weighted by Gasteiger charge is 2.55. The monoisotopic (exact) mass is 227 g/mol. The van der Waals surface area contributed by atoms with Gasteiger partial charge in [0, 0.05) is 0 Å². The molecule has 15 heavy (non-hydrogen) atoms. The lowest BCUT2D eigenvalue weighted by molar-refractivity contribution is -0.202. The van der Waals surface area contributed by atoms with Crippen molar-refractivity contribution in [1.29, 1.82) is 0 Å². The molecule has 0 rings (SSSR count). The number of ether oxygens (including phenoxy) is 1. The molecule has 2 N–H and O–H groups in total. The molecule has 0 aromatic carbocycles. The molecule has 3 nitrogen and oxygen atoms in total. The van der Waals surface area contributed by atoms with Crippen molar-refractivity contribution < 1.29 is 22.7 Å². The quantitative estimate of drug-likeness (QED) is 0.746. The van der Waals surface area contributed by atoms with Gasteiger partial charge in [-0.1, -0.05) is 13.8 Å². The summed E-state index contributed by atoms with van der Waals surface area (Å²) in [5.74, 6) is -1.18. The summed E-state index contributed by atoms with van der Waals surface area (Å²) in [7, 11) is 0. The van der Waals surface area contributed by atoms with Gasteiger partial charge in [-0.05, 0) is 19.3 Å². The van der Waals surface area contributed by atoms with Gasteiger partial charge in [-0.2, -0.15) is 13.2 Å². The van der Waals surface area contributed by atoms with Crippen molar-refractivity contribution in [2.75, 3.05) is 6.61 Å². The van der Waals surface area contributed by atoms with Crippen molar-refractivity contribution in [1.82, 2.24) is 0 Å². The Kier molecular flexibility index (Phi) is 4.58. The molecule has 0 amide bonds. The van der Waals surface area contributed by atoms with Gasteiger partial charge in [0.2, 0.25) is 5.54 Å². The van der Waals surface area contributed by atoms with Gasteiger partial charge in [-0.3, -0.25) is 0 Å². The lowest BCUT2D eigenvalue weighted by Crippen LogP contribution is -2.57. The van der Waals surface area contributed by atoms with Crippen molar-refractivity contribution in [3.05, 3.63) is 0 Å². The molecule has 0 heterocycles. The highest BCUT2D eigenvalue weighted by atomic mass is 19.4. The van der Waals surface area contributed by atoms with E-state index < -0.39 is 17.7 Å². The summed E-state index contributed by atoms with van der Waals surface area (Å²) in [4.78, 5) is 11.0. The van der Waals surface area contributed by atoms with Gasteiger partial charge >= 0.3 is 12.1 Å². The van der Waals surface area contributed by atoms with Crippen molar-refractivity contribution in [2.24, 2.45) is 11.7 Å². The number of alkyl halides is 3. The Morgan fingerprint density at radius 1 is 1.40 bits per heavy atom. The van der Waals surface area contributed by atoms with Crippen molar-refractivity contribution in [3.8, 4) is 0 Å². The highest BCUT2D eigenvalue weighted by molar-refractivity contribution is 5.81. The van der Waals surface area contributed by atoms with Crippen LogP contribution in [0, 0.1) is 5.92 Å². The third-order valence-electron chi connectivity index (χ3n) is 1.94. The van der Waals surface area contributed by atoms with Crippen LogP contribution in [0.2, 0.25) is 0 Å². The minimum atomic E-state index is -4.79. The fraction of sp³-hybridized carbons (Fsp3) is 0.889. The molecule has 0 saturated heterocycles. The smallest absolute Gasteiger partial charge is 0.416 e. The number of hydrogen-bond acceptors (Lipinski definition) is 3. The van der Waals surface area contributed by atoms with E-state index in [1.54, 1.807) is 0 Å². The summed E-state index contributed by atoms with van der Waals surface area (Å²) in [5.41, 5.74) is 1.93. The van der Waals surface area contributed by atoms with Crippen LogP contribution in [0.25, 0.3) is 0 Å². The van der Waals surface area contributed by atoms with Crippen LogP contribution in [0.1, 0.15) is 27.2 Å². The summed E-state index contributed by atoms with van der Waals surface area (Å²) in [6.07, 6.45) is -4.28. The van der Waals surface area contributed by atoms with Gasteiger partial charge in [0.05, 0.1) is 6.61 Å². The molecular formula is C9H16F3NO2. The van der Waals surface area contributed by atoms with E-state index in [-0.39, 0.29) is 12.5 Å². The number of carbonyl (C=O) groups is 1. The zero-order valence-electron chi connectivity index (χ0n) is 9.02. The van der Waals surface area contributed by atoms with Crippen molar-refractivity contribution in [3.63, 3.8) is 0 Å². The average molecular weight is 227 g/mol. The summed E-state index contributed by atoms with van der Waals surface area (Å²) in [5, 5.41) is 0. The molecule has 0 aromatic heterocycles. The summed E-state index contributed by atoms with van der Waals surface area (Å²) in [6, 6.07) is 0. The second kappa shape index (κ2) is 4.83. The van der Waals surface area contributed by atoms with Gasteiger partial charge in [-0.15, -0.1) is 0 Å². The van der Waals surface area contributed by atoms with Crippen LogP contribution >= 0.6 is 0 Å². The maximum atomic E-state index is 12.2. The lowest BCUT2D eigenvalue weighted by Gasteiger charge is -2.25. The fourth-order valence-electron chi connectivity index (χ4n) is 0.653. The maximum Gasteiger partial charge on any atom is 0.416 e. The summed E-state index contributed by atoms with van der Waals surface area (Å²) < 4.78 is 41.2. The Balaban J connectivity index is 4.21. The van der Waals surface area contributed by atoms with E-state index in [4.69, 9.17) is 5.73 Å². The zero-order chi connectivity index (χ0) is 12.3. The van der Waals surface area contributed by atoms with E-state index in [9.17, 15) is 18.0 Å². The third-order valence-corrected chi connectivity index (χ3v) is 1.94. The first-order valence-electron chi connectivity index (χ1n) is 4.62. The number of carbonyl (C=O) groups excluding carboxylic acids is 1. The molecule has 1 atom stereocenters. The van der Waals surface area contributed by atoms with E-state index in [0.717, 1.165) is 0 Å². The predicted octanol–water partition coefficient (Wildman–Crippen LogP) is 1.86. The first kappa shape index (κ1) is 14.2. The van der Waals surface area contributed by atoms with E-state index in [1.165, 1.54) is 0 Å². The van der Waals surface area contributed by atoms with Crippen LogP contribution in [0.4, 0.5) is 13.2 Å². The van der Waals surface area contributed by atoms with Crippen LogP contribution in [0.3, 0.4) is 0 Å². The van der Waals surface area contributed by atoms with Gasteiger partial charge in [0.25, 0.3) is 0 Å². The maximum absolute atomic E-state index is 12.2. The van der Waals surface area contributed by atoms with Gasteiger partial charge in [0.1, 0.15) is 0 Å². The molecule has 6 heteroatoms. The third kappa shape index (κ3) is 4.07. The van der Waals surface area contributed by atoms with Gasteiger partial charge < -0.3 is 10.5 Å². The van der Waals surface area contributed by atoms with E-state index in [0.29, 0.717) is 13.3 Å². The molecule has 0 saturated carbocycles. The number of nitrogens with two attached hydrogens (primary N) is 1. The molecule has 0 aliphatic carbocycles. The van der Waals surface area contributed by atoms with Crippen LogP contribution in [0.15, 0.2) is 0 Å². The summed E-state index contributed by atoms with van der Waals surface area (Å²) >= 11 is 0. The standard InChI is InChI=1S/C9H16F3NO2/c1-6(2)4-5-15-7(14)8(3,13)9(10,11)12/h6H,4-5,13H2,1-3H3. The molecule has 0 fully saturated rings. The fourth-order valence-corrected chi connectivity index (χ4v) is 0.653. The second-order valence-corrected chi connectivity index (χ2v) is 4.02. The van der Waals surface area contributed by atoms with Gasteiger partial charge in [0.15, 0.2) is 0 Å². The van der Waals surface area contributed by atoms with E-state index in [1.807, 2.05) is 13.8 Å². The number of hydrogen-bond donors (Lipinski definition) is 1. The lowest BCUT2D eigenvalue weighted by atomic mass is 10.0. The van der Waals surface area contributed by atoms with Crippen LogP contribution < -0.4 is 5.73 Å². The normalized spacial score (nSPS) is 16.3. The van der Waals surface area contributed by atoms with Crippen molar-refractivity contribution in [2.45, 2.75) is 38.9 Å². The van der Waals surface area contributed by atoms with Crippen LogP contribution in [-0.2, 0) is 9.53 Å². The first-order valence-corrected chi connectivity index (χ1v) is 4.62. The van der Waals surface area contributed by atoms with Crippen molar-refractivity contribution >= 4 is 5.97 Å². The second-order valence-electron chi connectivity index (χ2n) is 4.02. The Labute approximate surface area is 86.8 Å². The Bertz CT molecular complexity index is 224. The number of esters is 1. The average Bonchev–Trinajstić information content (AvgIpc) is 2.01. The molecule has 0 spiro atoms. The van der Waals surface area contributed by atoms with E-state index >= 15 is 0 Å². The van der Waals surface area contributed by atoms with E-state index in [2.05, 4.69) is 4.74 Å². The minimum Gasteiger partial charge on any atom is -0.464 e. The molecule has 0 aromatic rings. The molecule has 90 valence electrons. The van der Waals surface area contributed by atoms with Crippen LogP contribution in [-0.4, -0.2) is 24.3 Å². The predicted molar refractivity (Wildman–Crippen MR) is 49.1 cm³/mol. The Hall–Kier alpha value is -0.780. The molecular weight excluding hydrogens is 211 g/mol. The SMILES string of the molecule is CC(C)CCOC(=O)C(C)(N)C(F)(F)F. The number of rotatable bonds is 4. The Morgan fingerprint density at radius 2 is 1.87 bits per heavy atom. The number of halogens is 3. The molecule has 0 aliphatic rings. The largest absolute Gasteiger partial charge is 0.464 e. The highest BCUT2D eigenvalue weighted by Crippen LogP contribution is 2.28. The minimum absolute atomic E-state index is 0.0423. The molecule has 1 unspecified atom stereocenters. The summed E-state index contributed by atoms with van der Waals surface area (Å²) in [6.45, 7) is 4.31. The van der Waals surface area contributed by atoms with Gasteiger partial charge in [-0.25, -0.2) is 4.79 Å². The first-order chi connectivity index (χ1) is 6.59. The molecule has 0 radical (unpaired) electrons. The Morgan fingerprint density at radius 3 is 2.20 bits per heavy atom. The topological polar surface area (TPSA) is 52.3 Å². The zero-order valence-corrected chi connectivity index (χ0v) is 9.02. The molecule has 0 aliphatic heterocycles. The van der Waals surface area contributed by atoms with Crippen LogP contribution in [0.5, 0.6) is 0 Å². The molecule has 0 bridgehead atoms.